The summed E-state index contributed by atoms with van der Waals surface area (Å²) < 4.78 is 24.1. The molecule has 0 aliphatic heterocycles. The molecular formula is C13H19NO3S. The molecule has 5 heteroatoms. The van der Waals surface area contributed by atoms with Crippen molar-refractivity contribution in [1.29, 1.82) is 0 Å². The van der Waals surface area contributed by atoms with Crippen LogP contribution in [0.5, 0.6) is 0 Å². The molecule has 0 aliphatic carbocycles. The van der Waals surface area contributed by atoms with Crippen LogP contribution in [0.1, 0.15) is 25.8 Å². The minimum Gasteiger partial charge on any atom is -0.355 e. The Balaban J connectivity index is 2.71. The van der Waals surface area contributed by atoms with Crippen LogP contribution in [0, 0.1) is 0 Å². The lowest BCUT2D eigenvalue weighted by Gasteiger charge is -2.12. The largest absolute Gasteiger partial charge is 0.355 e. The van der Waals surface area contributed by atoms with Crippen molar-refractivity contribution in [3.63, 3.8) is 0 Å². The molecule has 1 aromatic rings. The van der Waals surface area contributed by atoms with Crippen LogP contribution in [-0.2, 0) is 20.4 Å². The number of amides is 1. The van der Waals surface area contributed by atoms with Gasteiger partial charge >= 0.3 is 0 Å². The number of sulfone groups is 1. The summed E-state index contributed by atoms with van der Waals surface area (Å²) in [4.78, 5) is 11.6. The lowest BCUT2D eigenvalue weighted by Crippen LogP contribution is -2.38. The van der Waals surface area contributed by atoms with Gasteiger partial charge in [0, 0.05) is 6.54 Å². The first-order valence-corrected chi connectivity index (χ1v) is 7.72. The monoisotopic (exact) mass is 269 g/mol. The van der Waals surface area contributed by atoms with Crippen LogP contribution in [0.4, 0.5) is 0 Å². The number of carbonyl (C=O) groups is 1. The fraction of sp³-hybridized carbons (Fsp3) is 0.462. The van der Waals surface area contributed by atoms with E-state index in [1.54, 1.807) is 24.3 Å². The Morgan fingerprint density at radius 2 is 1.89 bits per heavy atom. The maximum atomic E-state index is 12.0. The minimum atomic E-state index is -3.46. The molecule has 0 heterocycles. The lowest BCUT2D eigenvalue weighted by molar-refractivity contribution is -0.120. The number of nitrogens with one attached hydrogen (secondary N) is 1. The number of rotatable bonds is 6. The maximum absolute atomic E-state index is 12.0. The van der Waals surface area contributed by atoms with E-state index in [0.29, 0.717) is 12.1 Å². The highest BCUT2D eigenvalue weighted by Gasteiger charge is 2.27. The SMILES string of the molecule is CCCNC(=O)[C@H](C)S(=O)(=O)Cc1ccccc1. The van der Waals surface area contributed by atoms with E-state index in [4.69, 9.17) is 0 Å². The van der Waals surface area contributed by atoms with E-state index in [1.807, 2.05) is 13.0 Å². The van der Waals surface area contributed by atoms with Crippen LogP contribution in [0.3, 0.4) is 0 Å². The Kier molecular flexibility index (Phi) is 5.34. The van der Waals surface area contributed by atoms with Crippen LogP contribution >= 0.6 is 0 Å². The summed E-state index contributed by atoms with van der Waals surface area (Å²) in [5, 5.41) is 1.60. The molecule has 0 spiro atoms. The second kappa shape index (κ2) is 6.54. The van der Waals surface area contributed by atoms with Crippen molar-refractivity contribution in [1.82, 2.24) is 5.32 Å². The summed E-state index contributed by atoms with van der Waals surface area (Å²) in [6.45, 7) is 3.86. The van der Waals surface area contributed by atoms with Crippen LogP contribution < -0.4 is 5.32 Å². The summed E-state index contributed by atoms with van der Waals surface area (Å²) in [5.74, 6) is -0.526. The molecule has 0 aromatic heterocycles. The second-order valence-corrected chi connectivity index (χ2v) is 6.55. The molecule has 18 heavy (non-hydrogen) atoms. The third-order valence-corrected chi connectivity index (χ3v) is 4.69. The Morgan fingerprint density at radius 3 is 2.44 bits per heavy atom. The molecule has 0 radical (unpaired) electrons. The van der Waals surface area contributed by atoms with Crippen molar-refractivity contribution in [3.05, 3.63) is 35.9 Å². The topological polar surface area (TPSA) is 63.2 Å². The van der Waals surface area contributed by atoms with Gasteiger partial charge in [0.2, 0.25) is 5.91 Å². The van der Waals surface area contributed by atoms with E-state index in [0.717, 1.165) is 6.42 Å². The fourth-order valence-corrected chi connectivity index (χ4v) is 2.80. The molecule has 0 bridgehead atoms. The molecule has 1 amide bonds. The average molecular weight is 269 g/mol. The first-order chi connectivity index (χ1) is 8.47. The predicted molar refractivity (Wildman–Crippen MR) is 71.8 cm³/mol. The Hall–Kier alpha value is -1.36. The van der Waals surface area contributed by atoms with Gasteiger partial charge in [-0.15, -0.1) is 0 Å². The average Bonchev–Trinajstić information content (AvgIpc) is 2.35. The summed E-state index contributed by atoms with van der Waals surface area (Å²) in [7, 11) is -3.46. The summed E-state index contributed by atoms with van der Waals surface area (Å²) >= 11 is 0. The van der Waals surface area contributed by atoms with Crippen LogP contribution in [0.2, 0.25) is 0 Å². The van der Waals surface area contributed by atoms with Crippen molar-refractivity contribution < 1.29 is 13.2 Å². The molecule has 0 saturated heterocycles. The normalized spacial score (nSPS) is 13.0. The van der Waals surface area contributed by atoms with Crippen molar-refractivity contribution >= 4 is 15.7 Å². The number of carbonyl (C=O) groups excluding carboxylic acids is 1. The molecule has 0 fully saturated rings. The Morgan fingerprint density at radius 1 is 1.28 bits per heavy atom. The molecule has 0 unspecified atom stereocenters. The number of hydrogen-bond donors (Lipinski definition) is 1. The Labute approximate surface area is 108 Å². The highest BCUT2D eigenvalue weighted by atomic mass is 32.2. The molecule has 1 N–H and O–H groups in total. The van der Waals surface area contributed by atoms with E-state index in [9.17, 15) is 13.2 Å². The highest BCUT2D eigenvalue weighted by molar-refractivity contribution is 7.92. The molecule has 1 rings (SSSR count). The van der Waals surface area contributed by atoms with Gasteiger partial charge in [0.05, 0.1) is 5.75 Å². The quantitative estimate of drug-likeness (QED) is 0.851. The summed E-state index contributed by atoms with van der Waals surface area (Å²) in [6, 6.07) is 8.88. The van der Waals surface area contributed by atoms with E-state index < -0.39 is 21.0 Å². The maximum Gasteiger partial charge on any atom is 0.238 e. The van der Waals surface area contributed by atoms with Crippen LogP contribution in [-0.4, -0.2) is 26.1 Å². The fourth-order valence-electron chi connectivity index (χ4n) is 1.49. The summed E-state index contributed by atoms with van der Waals surface area (Å²) in [5.41, 5.74) is 0.702. The lowest BCUT2D eigenvalue weighted by atomic mass is 10.2. The molecule has 1 aromatic carbocycles. The first-order valence-electron chi connectivity index (χ1n) is 6.00. The Bertz CT molecular complexity index is 482. The van der Waals surface area contributed by atoms with Crippen molar-refractivity contribution in [3.8, 4) is 0 Å². The van der Waals surface area contributed by atoms with E-state index >= 15 is 0 Å². The molecule has 4 nitrogen and oxygen atoms in total. The smallest absolute Gasteiger partial charge is 0.238 e. The summed E-state index contributed by atoms with van der Waals surface area (Å²) in [6.07, 6.45) is 0.789. The third kappa shape index (κ3) is 4.14. The van der Waals surface area contributed by atoms with Gasteiger partial charge in [-0.25, -0.2) is 8.42 Å². The highest BCUT2D eigenvalue weighted by Crippen LogP contribution is 2.11. The van der Waals surface area contributed by atoms with E-state index in [1.165, 1.54) is 6.92 Å². The second-order valence-electron chi connectivity index (χ2n) is 4.23. The third-order valence-electron chi connectivity index (χ3n) is 2.67. The van der Waals surface area contributed by atoms with Gasteiger partial charge in [-0.1, -0.05) is 37.3 Å². The van der Waals surface area contributed by atoms with Gasteiger partial charge < -0.3 is 5.32 Å². The predicted octanol–water partition coefficient (Wildman–Crippen LogP) is 1.52. The van der Waals surface area contributed by atoms with Crippen molar-refractivity contribution in [2.24, 2.45) is 0 Å². The minimum absolute atomic E-state index is 0.103. The molecular weight excluding hydrogens is 250 g/mol. The van der Waals surface area contributed by atoms with E-state index in [-0.39, 0.29) is 5.75 Å². The van der Waals surface area contributed by atoms with Crippen molar-refractivity contribution in [2.45, 2.75) is 31.3 Å². The van der Waals surface area contributed by atoms with Gasteiger partial charge in [0.15, 0.2) is 9.84 Å². The number of benzene rings is 1. The van der Waals surface area contributed by atoms with Gasteiger partial charge in [-0.2, -0.15) is 0 Å². The zero-order valence-corrected chi connectivity index (χ0v) is 11.5. The van der Waals surface area contributed by atoms with Gasteiger partial charge in [-0.3, -0.25) is 4.79 Å². The van der Waals surface area contributed by atoms with Gasteiger partial charge in [0.25, 0.3) is 0 Å². The molecule has 0 saturated carbocycles. The van der Waals surface area contributed by atoms with Gasteiger partial charge in [-0.05, 0) is 18.9 Å². The first kappa shape index (κ1) is 14.7. The number of hydrogen-bond acceptors (Lipinski definition) is 3. The van der Waals surface area contributed by atoms with Crippen LogP contribution in [0.15, 0.2) is 30.3 Å². The molecule has 0 aliphatic rings. The molecule has 1 atom stereocenters. The van der Waals surface area contributed by atoms with E-state index in [2.05, 4.69) is 5.32 Å². The van der Waals surface area contributed by atoms with Crippen molar-refractivity contribution in [2.75, 3.05) is 6.54 Å². The van der Waals surface area contributed by atoms with Crippen LogP contribution in [0.25, 0.3) is 0 Å². The molecule has 100 valence electrons. The van der Waals surface area contributed by atoms with Gasteiger partial charge in [0.1, 0.15) is 5.25 Å². The zero-order chi connectivity index (χ0) is 13.6. The standard InChI is InChI=1S/C13H19NO3S/c1-3-9-14-13(15)11(2)18(16,17)10-12-7-5-4-6-8-12/h4-8,11H,3,9-10H2,1-2H3,(H,14,15)/t11-/m0/s1. The zero-order valence-electron chi connectivity index (χ0n) is 10.7.